The predicted molar refractivity (Wildman–Crippen MR) is 124 cm³/mol. The summed E-state index contributed by atoms with van der Waals surface area (Å²) < 4.78 is 16.2. The zero-order valence-corrected chi connectivity index (χ0v) is 18.0. The van der Waals surface area contributed by atoms with Crippen LogP contribution in [0.1, 0.15) is 25.3 Å². The summed E-state index contributed by atoms with van der Waals surface area (Å²) in [6, 6.07) is 17.7. The van der Waals surface area contributed by atoms with Gasteiger partial charge in [-0.2, -0.15) is 0 Å². The molecule has 5 nitrogen and oxygen atoms in total. The van der Waals surface area contributed by atoms with Crippen LogP contribution in [-0.4, -0.2) is 20.3 Å². The lowest BCUT2D eigenvalue weighted by Gasteiger charge is -2.49. The molecule has 1 saturated carbocycles. The van der Waals surface area contributed by atoms with Gasteiger partial charge in [0.2, 0.25) is 0 Å². The SMILES string of the molecule is Cn1ccc2nc(-c3ccc([C@]4(N)C[C@](C)(O)C4)cc3)c(-c3ccccc3F)cc2c1=O. The van der Waals surface area contributed by atoms with Gasteiger partial charge in [-0.3, -0.25) is 4.79 Å². The van der Waals surface area contributed by atoms with Gasteiger partial charge in [-0.15, -0.1) is 0 Å². The Morgan fingerprint density at radius 2 is 1.75 bits per heavy atom. The number of aryl methyl sites for hydroxylation is 1. The third kappa shape index (κ3) is 3.32. The predicted octanol–water partition coefficient (Wildman–Crippen LogP) is 4.11. The van der Waals surface area contributed by atoms with Gasteiger partial charge >= 0.3 is 0 Å². The Morgan fingerprint density at radius 1 is 1.06 bits per heavy atom. The number of nitrogens with zero attached hydrogens (tertiary/aromatic N) is 2. The van der Waals surface area contributed by atoms with E-state index in [0.717, 1.165) is 11.1 Å². The standard InChI is InChI=1S/C26H24FN3O2/c1-25(32)14-26(28,15-25)17-9-7-16(8-10-17)23-19(18-5-3-4-6-21(18)27)13-20-22(29-23)11-12-30(2)24(20)31/h3-13,32H,14-15,28H2,1-2H3/t25-,26-. The second-order valence-corrected chi connectivity index (χ2v) is 9.11. The molecule has 0 unspecified atom stereocenters. The Balaban J connectivity index is 1.68. The minimum atomic E-state index is -0.739. The fraction of sp³-hybridized carbons (Fsp3) is 0.231. The summed E-state index contributed by atoms with van der Waals surface area (Å²) >= 11 is 0. The molecular weight excluding hydrogens is 405 g/mol. The topological polar surface area (TPSA) is 81.1 Å². The summed E-state index contributed by atoms with van der Waals surface area (Å²) in [7, 11) is 1.68. The van der Waals surface area contributed by atoms with Gasteiger partial charge in [-0.25, -0.2) is 9.37 Å². The normalized spacial score (nSPS) is 22.7. The minimum Gasteiger partial charge on any atom is -0.390 e. The quantitative estimate of drug-likeness (QED) is 0.514. The van der Waals surface area contributed by atoms with Crippen molar-refractivity contribution in [3.63, 3.8) is 0 Å². The van der Waals surface area contributed by atoms with Crippen LogP contribution in [0.25, 0.3) is 33.3 Å². The fourth-order valence-electron chi connectivity index (χ4n) is 4.84. The first-order valence-electron chi connectivity index (χ1n) is 10.5. The second kappa shape index (κ2) is 7.08. The molecular formula is C26H24FN3O2. The Bertz CT molecular complexity index is 1400. The van der Waals surface area contributed by atoms with Gasteiger partial charge in [0.05, 0.1) is 22.2 Å². The van der Waals surface area contributed by atoms with E-state index in [-0.39, 0.29) is 11.4 Å². The van der Waals surface area contributed by atoms with Crippen LogP contribution in [0.4, 0.5) is 4.39 Å². The highest BCUT2D eigenvalue weighted by Crippen LogP contribution is 2.46. The fourth-order valence-corrected chi connectivity index (χ4v) is 4.84. The molecule has 2 aromatic heterocycles. The lowest BCUT2D eigenvalue weighted by molar-refractivity contribution is -0.0738. The maximum Gasteiger partial charge on any atom is 0.259 e. The van der Waals surface area contributed by atoms with Crippen LogP contribution >= 0.6 is 0 Å². The zero-order valence-electron chi connectivity index (χ0n) is 18.0. The van der Waals surface area contributed by atoms with Gasteiger partial charge in [0.25, 0.3) is 5.56 Å². The monoisotopic (exact) mass is 429 g/mol. The number of aromatic nitrogens is 2. The van der Waals surface area contributed by atoms with E-state index >= 15 is 0 Å². The number of pyridine rings is 2. The molecule has 4 aromatic rings. The zero-order chi connectivity index (χ0) is 22.7. The first-order chi connectivity index (χ1) is 15.2. The van der Waals surface area contributed by atoms with Gasteiger partial charge in [0, 0.05) is 35.5 Å². The number of aliphatic hydroxyl groups is 1. The van der Waals surface area contributed by atoms with Crippen molar-refractivity contribution in [1.82, 2.24) is 9.55 Å². The Morgan fingerprint density at radius 3 is 2.41 bits per heavy atom. The molecule has 2 aromatic carbocycles. The van der Waals surface area contributed by atoms with Crippen LogP contribution in [0.5, 0.6) is 0 Å². The van der Waals surface area contributed by atoms with Crippen molar-refractivity contribution in [2.75, 3.05) is 0 Å². The molecule has 3 N–H and O–H groups in total. The van der Waals surface area contributed by atoms with Gasteiger partial charge in [0.1, 0.15) is 5.82 Å². The van der Waals surface area contributed by atoms with E-state index in [1.807, 2.05) is 24.3 Å². The van der Waals surface area contributed by atoms with E-state index in [4.69, 9.17) is 10.7 Å². The highest BCUT2D eigenvalue weighted by molar-refractivity contribution is 5.91. The summed E-state index contributed by atoms with van der Waals surface area (Å²) in [5.41, 5.74) is 8.82. The number of hydrogen-bond acceptors (Lipinski definition) is 4. The van der Waals surface area contributed by atoms with Crippen molar-refractivity contribution >= 4 is 10.9 Å². The number of rotatable bonds is 3. The molecule has 32 heavy (non-hydrogen) atoms. The highest BCUT2D eigenvalue weighted by atomic mass is 19.1. The van der Waals surface area contributed by atoms with Crippen LogP contribution in [0, 0.1) is 5.82 Å². The summed E-state index contributed by atoms with van der Waals surface area (Å²) in [5, 5.41) is 10.6. The summed E-state index contributed by atoms with van der Waals surface area (Å²) in [5.74, 6) is -0.378. The van der Waals surface area contributed by atoms with Crippen LogP contribution in [0.2, 0.25) is 0 Å². The van der Waals surface area contributed by atoms with Crippen LogP contribution in [0.15, 0.2) is 71.7 Å². The maximum absolute atomic E-state index is 14.7. The lowest BCUT2D eigenvalue weighted by Crippen LogP contribution is -2.58. The number of nitrogens with two attached hydrogens (primary N) is 1. The first kappa shape index (κ1) is 20.5. The molecule has 0 aliphatic heterocycles. The molecule has 0 radical (unpaired) electrons. The Hall–Kier alpha value is -3.35. The maximum atomic E-state index is 14.7. The van der Waals surface area contributed by atoms with Crippen molar-refractivity contribution in [3.8, 4) is 22.4 Å². The number of hydrogen-bond donors (Lipinski definition) is 2. The second-order valence-electron chi connectivity index (χ2n) is 9.11. The highest BCUT2D eigenvalue weighted by Gasteiger charge is 2.49. The number of benzene rings is 2. The van der Waals surface area contributed by atoms with E-state index in [0.29, 0.717) is 40.6 Å². The third-order valence-corrected chi connectivity index (χ3v) is 6.35. The van der Waals surface area contributed by atoms with E-state index < -0.39 is 11.1 Å². The lowest BCUT2D eigenvalue weighted by atomic mass is 9.63. The third-order valence-electron chi connectivity index (χ3n) is 6.35. The summed E-state index contributed by atoms with van der Waals surface area (Å²) in [4.78, 5) is 17.4. The molecule has 0 atom stereocenters. The molecule has 2 heterocycles. The van der Waals surface area contributed by atoms with Gasteiger partial charge < -0.3 is 15.4 Å². The molecule has 1 aliphatic rings. The summed E-state index contributed by atoms with van der Waals surface area (Å²) in [6.45, 7) is 1.79. The van der Waals surface area contributed by atoms with Crippen LogP contribution in [-0.2, 0) is 12.6 Å². The molecule has 0 amide bonds. The largest absolute Gasteiger partial charge is 0.390 e. The van der Waals surface area contributed by atoms with Crippen LogP contribution in [0.3, 0.4) is 0 Å². The molecule has 5 rings (SSSR count). The van der Waals surface area contributed by atoms with Crippen molar-refractivity contribution in [1.29, 1.82) is 0 Å². The van der Waals surface area contributed by atoms with Crippen LogP contribution < -0.4 is 11.3 Å². The molecule has 162 valence electrons. The summed E-state index contributed by atoms with van der Waals surface area (Å²) in [6.07, 6.45) is 2.67. The number of halogens is 1. The van der Waals surface area contributed by atoms with Crippen molar-refractivity contribution in [3.05, 3.63) is 88.6 Å². The van der Waals surface area contributed by atoms with E-state index in [9.17, 15) is 14.3 Å². The molecule has 0 spiro atoms. The molecule has 0 bridgehead atoms. The van der Waals surface area contributed by atoms with Gasteiger partial charge in [-0.1, -0.05) is 42.5 Å². The Labute approximate surface area is 185 Å². The van der Waals surface area contributed by atoms with E-state index in [2.05, 4.69) is 0 Å². The van der Waals surface area contributed by atoms with Crippen molar-refractivity contribution < 1.29 is 9.50 Å². The van der Waals surface area contributed by atoms with Crippen molar-refractivity contribution in [2.24, 2.45) is 12.8 Å². The van der Waals surface area contributed by atoms with E-state index in [1.54, 1.807) is 50.5 Å². The average Bonchev–Trinajstić information content (AvgIpc) is 2.75. The molecule has 1 fully saturated rings. The Kier molecular flexibility index (Phi) is 4.55. The average molecular weight is 429 g/mol. The molecule has 6 heteroatoms. The van der Waals surface area contributed by atoms with E-state index in [1.165, 1.54) is 10.6 Å². The van der Waals surface area contributed by atoms with Gasteiger partial charge in [-0.05, 0) is 43.5 Å². The first-order valence-corrected chi connectivity index (χ1v) is 10.5. The van der Waals surface area contributed by atoms with Crippen molar-refractivity contribution in [2.45, 2.75) is 30.9 Å². The number of fused-ring (bicyclic) bond motifs is 1. The molecule has 0 saturated heterocycles. The molecule has 1 aliphatic carbocycles. The minimum absolute atomic E-state index is 0.184. The smallest absolute Gasteiger partial charge is 0.259 e. The van der Waals surface area contributed by atoms with Gasteiger partial charge in [0.15, 0.2) is 0 Å².